The maximum atomic E-state index is 13.0. The van der Waals surface area contributed by atoms with Gasteiger partial charge in [-0.1, -0.05) is 18.2 Å². The number of rotatable bonds is 3. The molecular weight excluding hydrogens is 316 g/mol. The van der Waals surface area contributed by atoms with Gasteiger partial charge in [0.2, 0.25) is 0 Å². The molecule has 1 aliphatic rings. The van der Waals surface area contributed by atoms with Crippen molar-refractivity contribution in [1.29, 1.82) is 0 Å². The first-order chi connectivity index (χ1) is 12.2. The zero-order valence-corrected chi connectivity index (χ0v) is 14.3. The molecule has 0 fully saturated rings. The Bertz CT molecular complexity index is 945. The number of hydrogen-bond donors (Lipinski definition) is 1. The smallest absolute Gasteiger partial charge is 0.256 e. The molecule has 0 radical (unpaired) electrons. The van der Waals surface area contributed by atoms with Crippen LogP contribution in [-0.2, 0) is 13.0 Å². The Morgan fingerprint density at radius 3 is 2.56 bits per heavy atom. The minimum atomic E-state index is 0.0536. The molecule has 1 amide bonds. The predicted octanol–water partition coefficient (Wildman–Crippen LogP) is 3.38. The molecule has 0 bridgehead atoms. The van der Waals surface area contributed by atoms with E-state index in [0.29, 0.717) is 18.8 Å². The fourth-order valence-corrected chi connectivity index (χ4v) is 3.48. The highest BCUT2D eigenvalue weighted by molar-refractivity contribution is 6.06. The highest BCUT2D eigenvalue weighted by Gasteiger charge is 2.25. The van der Waals surface area contributed by atoms with E-state index < -0.39 is 0 Å². The number of para-hydroxylation sites is 1. The topological polar surface area (TPSA) is 54.6 Å². The predicted molar refractivity (Wildman–Crippen MR) is 96.3 cm³/mol. The molecule has 1 N–H and O–H groups in total. The summed E-state index contributed by atoms with van der Waals surface area (Å²) in [6.45, 7) is 1.27. The van der Waals surface area contributed by atoms with Crippen LogP contribution in [0.4, 0.5) is 0 Å². The third kappa shape index (κ3) is 2.61. The zero-order valence-electron chi connectivity index (χ0n) is 14.3. The molecule has 25 heavy (non-hydrogen) atoms. The van der Waals surface area contributed by atoms with Crippen LogP contribution < -0.4 is 9.47 Å². The van der Waals surface area contributed by atoms with Crippen molar-refractivity contribution < 1.29 is 14.3 Å². The number of aromatic amines is 1. The minimum Gasteiger partial charge on any atom is -0.493 e. The zero-order chi connectivity index (χ0) is 17.4. The third-order valence-corrected chi connectivity index (χ3v) is 4.82. The lowest BCUT2D eigenvalue weighted by Crippen LogP contribution is -2.35. The van der Waals surface area contributed by atoms with Crippen molar-refractivity contribution in [3.63, 3.8) is 0 Å². The molecule has 1 aromatic heterocycles. The lowest BCUT2D eigenvalue weighted by atomic mass is 9.98. The van der Waals surface area contributed by atoms with E-state index in [4.69, 9.17) is 9.47 Å². The number of aromatic nitrogens is 1. The second-order valence-corrected chi connectivity index (χ2v) is 6.20. The summed E-state index contributed by atoms with van der Waals surface area (Å²) in [6.07, 6.45) is 2.61. The third-order valence-electron chi connectivity index (χ3n) is 4.82. The van der Waals surface area contributed by atoms with Crippen LogP contribution in [-0.4, -0.2) is 36.6 Å². The number of amides is 1. The minimum absolute atomic E-state index is 0.0536. The molecule has 5 nitrogen and oxygen atoms in total. The van der Waals surface area contributed by atoms with Gasteiger partial charge in [-0.05, 0) is 35.7 Å². The number of benzene rings is 2. The van der Waals surface area contributed by atoms with Gasteiger partial charge in [-0.3, -0.25) is 4.79 Å². The van der Waals surface area contributed by atoms with Gasteiger partial charge in [-0.25, -0.2) is 0 Å². The van der Waals surface area contributed by atoms with Gasteiger partial charge in [0.1, 0.15) is 0 Å². The molecule has 4 rings (SSSR count). The molecule has 128 valence electrons. The van der Waals surface area contributed by atoms with Crippen LogP contribution in [0, 0.1) is 0 Å². The second-order valence-electron chi connectivity index (χ2n) is 6.20. The molecule has 0 saturated carbocycles. The highest BCUT2D eigenvalue weighted by atomic mass is 16.5. The molecular formula is C20H20N2O3. The Morgan fingerprint density at radius 2 is 1.80 bits per heavy atom. The van der Waals surface area contributed by atoms with E-state index in [1.165, 1.54) is 5.56 Å². The lowest BCUT2D eigenvalue weighted by Gasteiger charge is -2.29. The van der Waals surface area contributed by atoms with Crippen LogP contribution >= 0.6 is 0 Å². The Balaban J connectivity index is 1.65. The number of ether oxygens (including phenoxy) is 2. The van der Waals surface area contributed by atoms with E-state index in [2.05, 4.69) is 4.98 Å². The summed E-state index contributed by atoms with van der Waals surface area (Å²) in [5.74, 6) is 1.48. The van der Waals surface area contributed by atoms with E-state index in [-0.39, 0.29) is 5.91 Å². The molecule has 5 heteroatoms. The van der Waals surface area contributed by atoms with Crippen molar-refractivity contribution in [2.24, 2.45) is 0 Å². The maximum Gasteiger partial charge on any atom is 0.256 e. The summed E-state index contributed by atoms with van der Waals surface area (Å²) in [5, 5.41) is 0.964. The fourth-order valence-electron chi connectivity index (χ4n) is 3.48. The number of H-pyrrole nitrogens is 1. The van der Waals surface area contributed by atoms with E-state index >= 15 is 0 Å². The summed E-state index contributed by atoms with van der Waals surface area (Å²) in [6, 6.07) is 11.9. The molecule has 1 aliphatic heterocycles. The van der Waals surface area contributed by atoms with Crippen molar-refractivity contribution in [3.8, 4) is 11.5 Å². The Labute approximate surface area is 146 Å². The van der Waals surface area contributed by atoms with E-state index in [1.54, 1.807) is 20.4 Å². The van der Waals surface area contributed by atoms with Gasteiger partial charge in [-0.15, -0.1) is 0 Å². The van der Waals surface area contributed by atoms with Crippen LogP contribution in [0.2, 0.25) is 0 Å². The Hall–Kier alpha value is -2.95. The number of hydrogen-bond acceptors (Lipinski definition) is 3. The lowest BCUT2D eigenvalue weighted by molar-refractivity contribution is 0.0736. The molecule has 0 unspecified atom stereocenters. The summed E-state index contributed by atoms with van der Waals surface area (Å²) in [7, 11) is 3.27. The van der Waals surface area contributed by atoms with Gasteiger partial charge in [0.15, 0.2) is 11.5 Å². The molecule has 0 aliphatic carbocycles. The Morgan fingerprint density at radius 1 is 1.08 bits per heavy atom. The number of carbonyl (C=O) groups is 1. The first-order valence-corrected chi connectivity index (χ1v) is 8.30. The highest BCUT2D eigenvalue weighted by Crippen LogP contribution is 2.33. The number of fused-ring (bicyclic) bond motifs is 2. The molecule has 2 aromatic carbocycles. The van der Waals surface area contributed by atoms with Crippen molar-refractivity contribution in [2.45, 2.75) is 13.0 Å². The van der Waals surface area contributed by atoms with Crippen LogP contribution in [0.5, 0.6) is 11.5 Å². The number of nitrogens with zero attached hydrogens (tertiary/aromatic N) is 1. The van der Waals surface area contributed by atoms with Gasteiger partial charge in [0, 0.05) is 30.2 Å². The SMILES string of the molecule is COc1cc2c(cc1OC)CN(C(=O)c1c[nH]c3ccccc13)CC2. The van der Waals surface area contributed by atoms with E-state index in [0.717, 1.165) is 34.2 Å². The van der Waals surface area contributed by atoms with Crippen LogP contribution in [0.1, 0.15) is 21.5 Å². The molecule has 2 heterocycles. The number of carbonyl (C=O) groups excluding carboxylic acids is 1. The number of nitrogens with one attached hydrogen (secondary N) is 1. The van der Waals surface area contributed by atoms with E-state index in [1.807, 2.05) is 41.3 Å². The fraction of sp³-hybridized carbons (Fsp3) is 0.250. The van der Waals surface area contributed by atoms with Crippen LogP contribution in [0.25, 0.3) is 10.9 Å². The molecule has 0 spiro atoms. The summed E-state index contributed by atoms with van der Waals surface area (Å²) in [5.41, 5.74) is 4.02. The van der Waals surface area contributed by atoms with Gasteiger partial charge >= 0.3 is 0 Å². The average molecular weight is 336 g/mol. The first-order valence-electron chi connectivity index (χ1n) is 8.30. The molecule has 0 atom stereocenters. The second kappa shape index (κ2) is 6.16. The summed E-state index contributed by atoms with van der Waals surface area (Å²) < 4.78 is 10.8. The van der Waals surface area contributed by atoms with Crippen molar-refractivity contribution in [2.75, 3.05) is 20.8 Å². The summed E-state index contributed by atoms with van der Waals surface area (Å²) >= 11 is 0. The molecule has 0 saturated heterocycles. The van der Waals surface area contributed by atoms with Gasteiger partial charge in [-0.2, -0.15) is 0 Å². The van der Waals surface area contributed by atoms with Crippen molar-refractivity contribution in [3.05, 3.63) is 59.3 Å². The van der Waals surface area contributed by atoms with Crippen LogP contribution in [0.15, 0.2) is 42.6 Å². The normalized spacial score (nSPS) is 13.6. The van der Waals surface area contributed by atoms with Crippen molar-refractivity contribution >= 4 is 16.8 Å². The quantitative estimate of drug-likeness (QED) is 0.798. The average Bonchev–Trinajstić information content (AvgIpc) is 3.09. The molecule has 3 aromatic rings. The van der Waals surface area contributed by atoms with Gasteiger partial charge < -0.3 is 19.4 Å². The standard InChI is InChI=1S/C20H20N2O3/c1-24-18-9-13-7-8-22(12-14(13)10-19(18)25-2)20(23)16-11-21-17-6-4-3-5-15(16)17/h3-6,9-11,21H,7-8,12H2,1-2H3. The summed E-state index contributed by atoms with van der Waals surface area (Å²) in [4.78, 5) is 18.1. The Kier molecular flexibility index (Phi) is 3.84. The monoisotopic (exact) mass is 336 g/mol. The number of methoxy groups -OCH3 is 2. The van der Waals surface area contributed by atoms with Gasteiger partial charge in [0.05, 0.1) is 19.8 Å². The first kappa shape index (κ1) is 15.6. The van der Waals surface area contributed by atoms with Crippen molar-refractivity contribution in [1.82, 2.24) is 9.88 Å². The van der Waals surface area contributed by atoms with E-state index in [9.17, 15) is 4.79 Å². The van der Waals surface area contributed by atoms with Crippen LogP contribution in [0.3, 0.4) is 0 Å². The maximum absolute atomic E-state index is 13.0. The largest absolute Gasteiger partial charge is 0.493 e. The van der Waals surface area contributed by atoms with Gasteiger partial charge in [0.25, 0.3) is 5.91 Å².